The van der Waals surface area contributed by atoms with Crippen molar-refractivity contribution in [3.8, 4) is 5.75 Å². The number of nitrogens with zero attached hydrogens (tertiary/aromatic N) is 3. The maximum absolute atomic E-state index is 12.9. The minimum atomic E-state index is -0.190. The van der Waals surface area contributed by atoms with Gasteiger partial charge in [-0.15, -0.1) is 0 Å². The van der Waals surface area contributed by atoms with Crippen LogP contribution in [0.2, 0.25) is 0 Å². The molecule has 0 radical (unpaired) electrons. The highest BCUT2D eigenvalue weighted by Gasteiger charge is 2.25. The van der Waals surface area contributed by atoms with Crippen LogP contribution < -0.4 is 9.64 Å². The van der Waals surface area contributed by atoms with Crippen molar-refractivity contribution in [1.82, 2.24) is 9.80 Å². The number of benzene rings is 1. The number of piperazine rings is 1. The molecule has 1 aliphatic heterocycles. The molecule has 2 aromatic heterocycles. The molecule has 0 N–H and O–H groups in total. The second-order valence-electron chi connectivity index (χ2n) is 7.84. The van der Waals surface area contributed by atoms with E-state index in [1.54, 1.807) is 23.3 Å². The number of rotatable bonds is 9. The standard InChI is InChI=1S/C25H29N3O5/c1-2-32-23-8-4-3-7-22(23)26-12-14-27(15-13-26)24(29)9-11-28(18-21-6-5-16-33-21)25(30)20-10-17-31-19-20/h3-8,10,16-17,19H,2,9,11-15,18H2,1H3. The van der Waals surface area contributed by atoms with Crippen molar-refractivity contribution >= 4 is 17.5 Å². The molecule has 0 saturated carbocycles. The summed E-state index contributed by atoms with van der Waals surface area (Å²) in [5.41, 5.74) is 1.51. The van der Waals surface area contributed by atoms with Crippen LogP contribution in [0.5, 0.6) is 5.75 Å². The Kier molecular flexibility index (Phi) is 7.34. The van der Waals surface area contributed by atoms with Crippen molar-refractivity contribution in [3.63, 3.8) is 0 Å². The van der Waals surface area contributed by atoms with Crippen molar-refractivity contribution in [2.75, 3.05) is 44.2 Å². The number of carbonyl (C=O) groups excluding carboxylic acids is 2. The molecule has 4 rings (SSSR count). The van der Waals surface area contributed by atoms with Crippen LogP contribution in [0.1, 0.15) is 29.5 Å². The second-order valence-corrected chi connectivity index (χ2v) is 7.84. The number of ether oxygens (including phenoxy) is 1. The Morgan fingerprint density at radius 2 is 1.85 bits per heavy atom. The Balaban J connectivity index is 1.33. The summed E-state index contributed by atoms with van der Waals surface area (Å²) in [4.78, 5) is 31.6. The maximum atomic E-state index is 12.9. The first-order chi connectivity index (χ1) is 16.2. The minimum absolute atomic E-state index is 0.0391. The lowest BCUT2D eigenvalue weighted by molar-refractivity contribution is -0.131. The lowest BCUT2D eigenvalue weighted by Crippen LogP contribution is -2.49. The normalized spacial score (nSPS) is 13.7. The van der Waals surface area contributed by atoms with Gasteiger partial charge < -0.3 is 28.3 Å². The van der Waals surface area contributed by atoms with Gasteiger partial charge in [0.15, 0.2) is 0 Å². The lowest BCUT2D eigenvalue weighted by atomic mass is 10.2. The topological polar surface area (TPSA) is 79.4 Å². The van der Waals surface area contributed by atoms with Crippen LogP contribution in [0.3, 0.4) is 0 Å². The van der Waals surface area contributed by atoms with Crippen LogP contribution in [0.25, 0.3) is 0 Å². The first-order valence-corrected chi connectivity index (χ1v) is 11.2. The zero-order chi connectivity index (χ0) is 23.0. The van der Waals surface area contributed by atoms with Crippen molar-refractivity contribution in [2.45, 2.75) is 19.9 Å². The quantitative estimate of drug-likeness (QED) is 0.494. The van der Waals surface area contributed by atoms with E-state index in [2.05, 4.69) is 11.0 Å². The number of furan rings is 2. The largest absolute Gasteiger partial charge is 0.492 e. The Morgan fingerprint density at radius 1 is 1.03 bits per heavy atom. The third-order valence-corrected chi connectivity index (χ3v) is 5.72. The SMILES string of the molecule is CCOc1ccccc1N1CCN(C(=O)CCN(Cc2ccco2)C(=O)c2ccoc2)CC1. The third-order valence-electron chi connectivity index (χ3n) is 5.72. The molecule has 0 atom stereocenters. The summed E-state index contributed by atoms with van der Waals surface area (Å²) in [6.07, 6.45) is 4.70. The predicted octanol–water partition coefficient (Wildman–Crippen LogP) is 3.65. The summed E-state index contributed by atoms with van der Waals surface area (Å²) >= 11 is 0. The van der Waals surface area contributed by atoms with Gasteiger partial charge in [-0.3, -0.25) is 9.59 Å². The first-order valence-electron chi connectivity index (χ1n) is 11.2. The van der Waals surface area contributed by atoms with Gasteiger partial charge in [0.05, 0.1) is 36.9 Å². The van der Waals surface area contributed by atoms with E-state index < -0.39 is 0 Å². The predicted molar refractivity (Wildman–Crippen MR) is 123 cm³/mol. The van der Waals surface area contributed by atoms with Gasteiger partial charge in [0.25, 0.3) is 5.91 Å². The van der Waals surface area contributed by atoms with E-state index in [0.29, 0.717) is 44.1 Å². The smallest absolute Gasteiger partial charge is 0.257 e. The van der Waals surface area contributed by atoms with Gasteiger partial charge in [0, 0.05) is 39.1 Å². The summed E-state index contributed by atoms with van der Waals surface area (Å²) in [7, 11) is 0. The number of anilines is 1. The minimum Gasteiger partial charge on any atom is -0.492 e. The fourth-order valence-corrected chi connectivity index (χ4v) is 3.99. The molecule has 1 aliphatic rings. The number of hydrogen-bond acceptors (Lipinski definition) is 6. The summed E-state index contributed by atoms with van der Waals surface area (Å²) in [6.45, 7) is 5.92. The molecule has 1 saturated heterocycles. The van der Waals surface area contributed by atoms with Crippen LogP contribution in [-0.4, -0.2) is 60.9 Å². The van der Waals surface area contributed by atoms with Crippen molar-refractivity contribution in [3.05, 3.63) is 72.6 Å². The Hall–Kier alpha value is -3.68. The van der Waals surface area contributed by atoms with Crippen molar-refractivity contribution in [1.29, 1.82) is 0 Å². The van der Waals surface area contributed by atoms with Crippen LogP contribution in [-0.2, 0) is 11.3 Å². The highest BCUT2D eigenvalue weighted by atomic mass is 16.5. The monoisotopic (exact) mass is 451 g/mol. The van der Waals surface area contributed by atoms with E-state index >= 15 is 0 Å². The summed E-state index contributed by atoms with van der Waals surface area (Å²) in [6, 6.07) is 13.2. The van der Waals surface area contributed by atoms with Crippen molar-refractivity contribution in [2.24, 2.45) is 0 Å². The molecule has 0 unspecified atom stereocenters. The van der Waals surface area contributed by atoms with Crippen LogP contribution in [0.15, 0.2) is 70.1 Å². The van der Waals surface area contributed by atoms with E-state index in [0.717, 1.165) is 24.5 Å². The van der Waals surface area contributed by atoms with Crippen molar-refractivity contribution < 1.29 is 23.2 Å². The molecule has 3 heterocycles. The molecule has 0 bridgehead atoms. The highest BCUT2D eigenvalue weighted by molar-refractivity contribution is 5.94. The number of hydrogen-bond donors (Lipinski definition) is 0. The van der Waals surface area contributed by atoms with Gasteiger partial charge in [-0.1, -0.05) is 12.1 Å². The van der Waals surface area contributed by atoms with Gasteiger partial charge >= 0.3 is 0 Å². The lowest BCUT2D eigenvalue weighted by Gasteiger charge is -2.37. The fourth-order valence-electron chi connectivity index (χ4n) is 3.99. The Bertz CT molecular complexity index is 1020. The molecular weight excluding hydrogens is 422 g/mol. The average molecular weight is 452 g/mol. The zero-order valence-electron chi connectivity index (χ0n) is 18.8. The Labute approximate surface area is 193 Å². The molecule has 8 heteroatoms. The van der Waals surface area contributed by atoms with Crippen LogP contribution in [0.4, 0.5) is 5.69 Å². The first kappa shape index (κ1) is 22.5. The summed E-state index contributed by atoms with van der Waals surface area (Å²) < 4.78 is 16.2. The molecule has 8 nitrogen and oxygen atoms in total. The van der Waals surface area contributed by atoms with Gasteiger partial charge in [0.2, 0.25) is 5.91 Å². The average Bonchev–Trinajstić information content (AvgIpc) is 3.56. The Morgan fingerprint density at radius 3 is 2.55 bits per heavy atom. The molecular formula is C25H29N3O5. The molecule has 0 spiro atoms. The highest BCUT2D eigenvalue weighted by Crippen LogP contribution is 2.28. The van der Waals surface area contributed by atoms with E-state index in [1.807, 2.05) is 36.1 Å². The van der Waals surface area contributed by atoms with Gasteiger partial charge in [0.1, 0.15) is 17.8 Å². The van der Waals surface area contributed by atoms with E-state index in [4.69, 9.17) is 13.6 Å². The maximum Gasteiger partial charge on any atom is 0.257 e. The van der Waals surface area contributed by atoms with Crippen LogP contribution in [0, 0.1) is 0 Å². The summed E-state index contributed by atoms with van der Waals surface area (Å²) in [5.74, 6) is 1.38. The summed E-state index contributed by atoms with van der Waals surface area (Å²) in [5, 5.41) is 0. The zero-order valence-corrected chi connectivity index (χ0v) is 18.8. The fraction of sp³-hybridized carbons (Fsp3) is 0.360. The molecule has 33 heavy (non-hydrogen) atoms. The van der Waals surface area contributed by atoms with Crippen LogP contribution >= 0.6 is 0 Å². The van der Waals surface area contributed by atoms with Gasteiger partial charge in [-0.25, -0.2) is 0 Å². The molecule has 3 aromatic rings. The second kappa shape index (κ2) is 10.8. The van der Waals surface area contributed by atoms with Gasteiger partial charge in [-0.2, -0.15) is 0 Å². The molecule has 1 aromatic carbocycles. The molecule has 2 amide bonds. The third kappa shape index (κ3) is 5.58. The van der Waals surface area contributed by atoms with Gasteiger partial charge in [-0.05, 0) is 37.3 Å². The number of carbonyl (C=O) groups is 2. The van der Waals surface area contributed by atoms with E-state index in [9.17, 15) is 9.59 Å². The number of para-hydroxylation sites is 2. The molecule has 1 fully saturated rings. The molecule has 174 valence electrons. The number of amides is 2. The van der Waals surface area contributed by atoms with E-state index in [-0.39, 0.29) is 18.2 Å². The molecule has 0 aliphatic carbocycles. The van der Waals surface area contributed by atoms with E-state index in [1.165, 1.54) is 12.5 Å².